The first-order chi connectivity index (χ1) is 19.4. The average molecular weight is 641 g/mol. The first-order valence-electron chi connectivity index (χ1n) is 11.7. The van der Waals surface area contributed by atoms with Gasteiger partial charge in [0.1, 0.15) is 27.8 Å². The number of amides is 2. The highest BCUT2D eigenvalue weighted by Gasteiger charge is 2.27. The van der Waals surface area contributed by atoms with Crippen molar-refractivity contribution in [3.63, 3.8) is 0 Å². The van der Waals surface area contributed by atoms with Crippen molar-refractivity contribution in [2.24, 2.45) is 12.8 Å². The molecule has 4 aromatic heterocycles. The van der Waals surface area contributed by atoms with Crippen molar-refractivity contribution < 1.29 is 27.5 Å². The van der Waals surface area contributed by atoms with E-state index in [1.165, 1.54) is 36.5 Å². The first-order valence-corrected chi connectivity index (χ1v) is 13.6. The van der Waals surface area contributed by atoms with E-state index < -0.39 is 23.9 Å². The SMILES string of the molecule is Cc1c(-c2cc(C(F)F)nc3sc(C(N)=O)c(NC(=O)c4ccc(COc5c(Cl)cc(Cl)cc5Cl)o4)c23)cnn1C. The topological polar surface area (TPSA) is 125 Å². The number of thiophene rings is 1. The Morgan fingerprint density at radius 1 is 1.17 bits per heavy atom. The molecule has 0 aliphatic heterocycles. The molecular formula is C26H18Cl3F2N5O4S. The van der Waals surface area contributed by atoms with Crippen LogP contribution in [0.25, 0.3) is 21.3 Å². The van der Waals surface area contributed by atoms with Gasteiger partial charge in [-0.15, -0.1) is 11.3 Å². The summed E-state index contributed by atoms with van der Waals surface area (Å²) in [7, 11) is 1.70. The third kappa shape index (κ3) is 5.60. The van der Waals surface area contributed by atoms with Gasteiger partial charge in [-0.25, -0.2) is 13.8 Å². The number of anilines is 1. The second-order valence-corrected chi connectivity index (χ2v) is 11.0. The highest BCUT2D eigenvalue weighted by Crippen LogP contribution is 2.43. The summed E-state index contributed by atoms with van der Waals surface area (Å²) in [6.45, 7) is 1.64. The van der Waals surface area contributed by atoms with E-state index in [4.69, 9.17) is 49.7 Å². The summed E-state index contributed by atoms with van der Waals surface area (Å²) in [6.07, 6.45) is -1.38. The number of alkyl halides is 2. The Morgan fingerprint density at radius 3 is 2.49 bits per heavy atom. The van der Waals surface area contributed by atoms with E-state index in [0.29, 0.717) is 21.8 Å². The number of nitrogens with one attached hydrogen (secondary N) is 1. The smallest absolute Gasteiger partial charge is 0.291 e. The molecule has 212 valence electrons. The van der Waals surface area contributed by atoms with Gasteiger partial charge < -0.3 is 20.2 Å². The Kier molecular flexibility index (Phi) is 7.93. The van der Waals surface area contributed by atoms with Crippen LogP contribution < -0.4 is 15.8 Å². The monoisotopic (exact) mass is 639 g/mol. The first kappa shape index (κ1) is 28.8. The molecule has 4 heterocycles. The second-order valence-electron chi connectivity index (χ2n) is 8.72. The van der Waals surface area contributed by atoms with E-state index in [1.54, 1.807) is 18.7 Å². The van der Waals surface area contributed by atoms with Gasteiger partial charge in [0.25, 0.3) is 18.2 Å². The summed E-state index contributed by atoms with van der Waals surface area (Å²) in [5.74, 6) is -1.28. The summed E-state index contributed by atoms with van der Waals surface area (Å²) in [6, 6.07) is 7.05. The van der Waals surface area contributed by atoms with Crippen LogP contribution in [0.4, 0.5) is 14.5 Å². The molecule has 5 aromatic rings. The highest BCUT2D eigenvalue weighted by molar-refractivity contribution is 7.21. The fraction of sp³-hybridized carbons (Fsp3) is 0.154. The van der Waals surface area contributed by atoms with Gasteiger partial charge in [0, 0.05) is 28.7 Å². The highest BCUT2D eigenvalue weighted by atomic mass is 35.5. The number of carbonyl (C=O) groups is 2. The van der Waals surface area contributed by atoms with Gasteiger partial charge in [-0.1, -0.05) is 34.8 Å². The number of halogens is 5. The summed E-state index contributed by atoms with van der Waals surface area (Å²) in [5, 5.41) is 7.83. The van der Waals surface area contributed by atoms with Gasteiger partial charge in [-0.3, -0.25) is 14.3 Å². The van der Waals surface area contributed by atoms with Crippen molar-refractivity contribution >= 4 is 73.9 Å². The number of pyridine rings is 1. The molecule has 0 atom stereocenters. The number of aryl methyl sites for hydroxylation is 1. The fourth-order valence-electron chi connectivity index (χ4n) is 4.06. The minimum Gasteiger partial charge on any atom is -0.483 e. The second kappa shape index (κ2) is 11.3. The molecular weight excluding hydrogens is 623 g/mol. The number of carbonyl (C=O) groups excluding carboxylic acids is 2. The number of ether oxygens (including phenoxy) is 1. The van der Waals surface area contributed by atoms with Crippen LogP contribution >= 0.6 is 46.1 Å². The van der Waals surface area contributed by atoms with E-state index in [9.17, 15) is 18.4 Å². The number of aromatic nitrogens is 3. The van der Waals surface area contributed by atoms with Gasteiger partial charge in [-0.05, 0) is 42.8 Å². The van der Waals surface area contributed by atoms with Crippen LogP contribution in [-0.2, 0) is 13.7 Å². The number of hydrogen-bond donors (Lipinski definition) is 2. The standard InChI is InChI=1S/C26H18Cl3F2N5O4S/c1-10-14(8-33-36(10)2)13-7-17(23(30)31)34-26-19(13)20(22(41-26)24(32)37)35-25(38)18-4-3-12(40-18)9-39-21-15(28)5-11(27)6-16(21)29/h3-8,23H,9H2,1-2H3,(H2,32,37)(H,35,38). The van der Waals surface area contributed by atoms with Gasteiger partial charge in [0.15, 0.2) is 11.5 Å². The van der Waals surface area contributed by atoms with E-state index in [2.05, 4.69) is 15.4 Å². The molecule has 0 radical (unpaired) electrons. The zero-order valence-corrected chi connectivity index (χ0v) is 24.2. The predicted octanol–water partition coefficient (Wildman–Crippen LogP) is 7.43. The molecule has 0 aliphatic rings. The minimum absolute atomic E-state index is 0.0167. The summed E-state index contributed by atoms with van der Waals surface area (Å²) >= 11 is 19.0. The Morgan fingerprint density at radius 2 is 1.88 bits per heavy atom. The van der Waals surface area contributed by atoms with Crippen LogP contribution in [0.3, 0.4) is 0 Å². The lowest BCUT2D eigenvalue weighted by molar-refractivity contribution is 0.0992. The van der Waals surface area contributed by atoms with E-state index in [-0.39, 0.29) is 54.7 Å². The predicted molar refractivity (Wildman–Crippen MR) is 152 cm³/mol. The summed E-state index contributed by atoms with van der Waals surface area (Å²) in [4.78, 5) is 29.7. The molecule has 0 saturated carbocycles. The Hall–Kier alpha value is -3.71. The quantitative estimate of drug-likeness (QED) is 0.182. The van der Waals surface area contributed by atoms with E-state index in [1.807, 2.05) is 0 Å². The van der Waals surface area contributed by atoms with Gasteiger partial charge in [-0.2, -0.15) is 5.10 Å². The Labute approximate surface area is 249 Å². The number of fused-ring (bicyclic) bond motifs is 1. The van der Waals surface area contributed by atoms with Crippen molar-refractivity contribution in [1.82, 2.24) is 14.8 Å². The third-order valence-electron chi connectivity index (χ3n) is 6.10. The molecule has 1 aromatic carbocycles. The molecule has 0 unspecified atom stereocenters. The van der Waals surface area contributed by atoms with Crippen LogP contribution in [0.1, 0.15) is 43.8 Å². The van der Waals surface area contributed by atoms with E-state index in [0.717, 1.165) is 11.3 Å². The number of nitrogens with two attached hydrogens (primary N) is 1. The van der Waals surface area contributed by atoms with Crippen molar-refractivity contribution in [1.29, 1.82) is 0 Å². The lowest BCUT2D eigenvalue weighted by atomic mass is 10.0. The van der Waals surface area contributed by atoms with Gasteiger partial charge >= 0.3 is 0 Å². The zero-order chi connectivity index (χ0) is 29.6. The van der Waals surface area contributed by atoms with Crippen LogP contribution in [0.5, 0.6) is 5.75 Å². The maximum Gasteiger partial charge on any atom is 0.291 e. The summed E-state index contributed by atoms with van der Waals surface area (Å²) in [5.41, 5.74) is 6.61. The fourth-order valence-corrected chi connectivity index (χ4v) is 6.00. The number of furan rings is 1. The van der Waals surface area contributed by atoms with Crippen LogP contribution in [0, 0.1) is 6.92 Å². The average Bonchev–Trinajstić information content (AvgIpc) is 3.61. The maximum absolute atomic E-state index is 13.7. The Bertz CT molecular complexity index is 1810. The maximum atomic E-state index is 13.7. The molecule has 41 heavy (non-hydrogen) atoms. The Balaban J connectivity index is 1.50. The molecule has 2 amide bonds. The largest absolute Gasteiger partial charge is 0.483 e. The lowest BCUT2D eigenvalue weighted by Crippen LogP contribution is -2.16. The lowest BCUT2D eigenvalue weighted by Gasteiger charge is -2.10. The van der Waals surface area contributed by atoms with Crippen molar-refractivity contribution in [2.75, 3.05) is 5.32 Å². The molecule has 0 bridgehead atoms. The number of hydrogen-bond acceptors (Lipinski definition) is 7. The van der Waals surface area contributed by atoms with Gasteiger partial charge in [0.05, 0.1) is 21.9 Å². The third-order valence-corrected chi connectivity index (χ3v) is 7.98. The van der Waals surface area contributed by atoms with E-state index >= 15 is 0 Å². The summed E-state index contributed by atoms with van der Waals surface area (Å²) < 4.78 is 40.3. The molecule has 0 spiro atoms. The van der Waals surface area contributed by atoms with Gasteiger partial charge in [0.2, 0.25) is 0 Å². The molecule has 0 aliphatic carbocycles. The molecule has 15 heteroatoms. The normalized spacial score (nSPS) is 11.4. The molecule has 5 rings (SSSR count). The van der Waals surface area contributed by atoms with Crippen molar-refractivity contribution in [2.45, 2.75) is 20.0 Å². The zero-order valence-electron chi connectivity index (χ0n) is 21.1. The number of nitrogens with zero attached hydrogens (tertiary/aromatic N) is 3. The molecule has 0 saturated heterocycles. The number of primary amides is 1. The molecule has 0 fully saturated rings. The van der Waals surface area contributed by atoms with Crippen LogP contribution in [0.2, 0.25) is 15.1 Å². The molecule has 9 nitrogen and oxygen atoms in total. The molecule has 3 N–H and O–H groups in total. The van der Waals surface area contributed by atoms with Crippen LogP contribution in [-0.4, -0.2) is 26.6 Å². The van der Waals surface area contributed by atoms with Crippen molar-refractivity contribution in [3.8, 4) is 16.9 Å². The van der Waals surface area contributed by atoms with Crippen molar-refractivity contribution in [3.05, 3.63) is 79.4 Å². The van der Waals surface area contributed by atoms with Crippen LogP contribution in [0.15, 0.2) is 40.9 Å². The number of benzene rings is 1. The minimum atomic E-state index is -2.88. The number of rotatable bonds is 8.